The number of nitrogens with two attached hydrogens (primary N) is 1. The minimum absolute atomic E-state index is 0.104. The number of aromatic nitrogens is 4. The zero-order valence-corrected chi connectivity index (χ0v) is 15.6. The minimum atomic E-state index is -1.17. The van der Waals surface area contributed by atoms with Gasteiger partial charge in [0, 0.05) is 13.0 Å². The van der Waals surface area contributed by atoms with E-state index >= 15 is 0 Å². The van der Waals surface area contributed by atoms with Gasteiger partial charge >= 0.3 is 0 Å². The smallest absolute Gasteiger partial charge is 0.224 e. The Balaban J connectivity index is 1.60. The van der Waals surface area contributed by atoms with E-state index in [1.54, 1.807) is 17.8 Å². The fourth-order valence-electron chi connectivity index (χ4n) is 3.61. The van der Waals surface area contributed by atoms with Crippen molar-refractivity contribution in [2.75, 3.05) is 24.2 Å². The highest BCUT2D eigenvalue weighted by Gasteiger charge is 2.45. The summed E-state index contributed by atoms with van der Waals surface area (Å²) in [5.74, 6) is 0.640. The molecule has 9 nitrogen and oxygen atoms in total. The molecule has 28 heavy (non-hydrogen) atoms. The van der Waals surface area contributed by atoms with Gasteiger partial charge in [0.05, 0.1) is 19.0 Å². The van der Waals surface area contributed by atoms with Crippen LogP contribution in [0.1, 0.15) is 25.1 Å². The van der Waals surface area contributed by atoms with E-state index in [4.69, 9.17) is 10.5 Å². The maximum absolute atomic E-state index is 10.7. The summed E-state index contributed by atoms with van der Waals surface area (Å²) >= 11 is 0. The molecule has 4 rings (SSSR count). The van der Waals surface area contributed by atoms with Crippen molar-refractivity contribution in [2.24, 2.45) is 0 Å². The van der Waals surface area contributed by atoms with Crippen LogP contribution < -0.4 is 11.1 Å². The number of nitrogen functional groups attached to an aromatic ring is 1. The molecule has 5 N–H and O–H groups in total. The highest BCUT2D eigenvalue weighted by atomic mass is 16.5. The van der Waals surface area contributed by atoms with Crippen molar-refractivity contribution in [3.05, 3.63) is 42.2 Å². The van der Waals surface area contributed by atoms with Crippen molar-refractivity contribution < 1.29 is 14.9 Å². The summed E-state index contributed by atoms with van der Waals surface area (Å²) < 4.78 is 7.44. The number of benzene rings is 1. The molecule has 1 aliphatic rings. The molecule has 9 heteroatoms. The van der Waals surface area contributed by atoms with Crippen molar-refractivity contribution in [1.82, 2.24) is 19.5 Å². The second kappa shape index (κ2) is 7.34. The molecule has 3 aromatic rings. The van der Waals surface area contributed by atoms with Crippen LogP contribution in [-0.4, -0.2) is 54.6 Å². The summed E-state index contributed by atoms with van der Waals surface area (Å²) in [4.78, 5) is 13.0. The molecule has 0 amide bonds. The molecule has 3 heterocycles. The van der Waals surface area contributed by atoms with E-state index in [0.29, 0.717) is 29.9 Å². The summed E-state index contributed by atoms with van der Waals surface area (Å²) in [6, 6.07) is 10.1. The third kappa shape index (κ3) is 3.51. The number of nitrogens with one attached hydrogen (secondary N) is 1. The van der Waals surface area contributed by atoms with E-state index in [9.17, 15) is 10.2 Å². The summed E-state index contributed by atoms with van der Waals surface area (Å²) in [7, 11) is 0. The third-order valence-electron chi connectivity index (χ3n) is 4.94. The topological polar surface area (TPSA) is 131 Å². The van der Waals surface area contributed by atoms with E-state index in [0.717, 1.165) is 6.42 Å². The Hall–Kier alpha value is -2.75. The second-order valence-electron chi connectivity index (χ2n) is 7.27. The van der Waals surface area contributed by atoms with Crippen molar-refractivity contribution in [2.45, 2.75) is 37.7 Å². The lowest BCUT2D eigenvalue weighted by atomic mass is 10.0. The Kier molecular flexibility index (Phi) is 4.88. The highest BCUT2D eigenvalue weighted by Crippen LogP contribution is 2.39. The summed E-state index contributed by atoms with van der Waals surface area (Å²) in [5.41, 5.74) is 6.98. The summed E-state index contributed by atoms with van der Waals surface area (Å²) in [6.45, 7) is 2.16. The zero-order valence-electron chi connectivity index (χ0n) is 15.6. The van der Waals surface area contributed by atoms with E-state index in [2.05, 4.69) is 32.4 Å². The average molecular weight is 384 g/mol. The number of ether oxygens (including phenoxy) is 1. The number of nitrogens with zero attached hydrogens (tertiary/aromatic N) is 4. The molecule has 0 spiro atoms. The number of hydrogen-bond donors (Lipinski definition) is 4. The molecule has 2 aromatic heterocycles. The first-order valence-corrected chi connectivity index (χ1v) is 9.24. The van der Waals surface area contributed by atoms with Crippen LogP contribution in [0.3, 0.4) is 0 Å². The molecule has 1 fully saturated rings. The van der Waals surface area contributed by atoms with Crippen molar-refractivity contribution in [3.63, 3.8) is 0 Å². The standard InChI is InChI=1S/C19H24N6O3/c1-19(27)9-13(10-26)28-17(19)25-11-22-14-15(23-18(20)24-16(14)25)21-8-7-12-5-3-2-4-6-12/h2-6,11,13,17,26-27H,7-10H2,1H3,(H3,20,21,23,24). The number of hydrogen-bond acceptors (Lipinski definition) is 8. The SMILES string of the molecule is CC1(O)CC(CO)OC1n1cnc2c(NCCc3ccccc3)nc(N)nc21. The quantitative estimate of drug-likeness (QED) is 0.497. The lowest BCUT2D eigenvalue weighted by Crippen LogP contribution is -2.32. The Morgan fingerprint density at radius 2 is 2.11 bits per heavy atom. The molecule has 0 bridgehead atoms. The molecule has 0 radical (unpaired) electrons. The van der Waals surface area contributed by atoms with Gasteiger partial charge in [-0.05, 0) is 18.9 Å². The molecule has 0 aliphatic carbocycles. The van der Waals surface area contributed by atoms with Crippen LogP contribution in [0.15, 0.2) is 36.7 Å². The molecule has 0 saturated carbocycles. The molecular weight excluding hydrogens is 360 g/mol. The lowest BCUT2D eigenvalue weighted by molar-refractivity contribution is -0.0854. The number of fused-ring (bicyclic) bond motifs is 1. The van der Waals surface area contributed by atoms with Crippen LogP contribution in [0.25, 0.3) is 11.2 Å². The van der Waals surface area contributed by atoms with E-state index < -0.39 is 17.9 Å². The van der Waals surface area contributed by atoms with E-state index in [1.165, 1.54) is 5.56 Å². The third-order valence-corrected chi connectivity index (χ3v) is 4.94. The first-order valence-electron chi connectivity index (χ1n) is 9.24. The summed E-state index contributed by atoms with van der Waals surface area (Å²) in [5, 5.41) is 23.4. The number of aliphatic hydroxyl groups excluding tert-OH is 1. The first-order chi connectivity index (χ1) is 13.5. The molecule has 1 aliphatic heterocycles. The lowest BCUT2D eigenvalue weighted by Gasteiger charge is -2.25. The van der Waals surface area contributed by atoms with Crippen molar-refractivity contribution in [1.29, 1.82) is 0 Å². The van der Waals surface area contributed by atoms with Crippen LogP contribution in [0.2, 0.25) is 0 Å². The van der Waals surface area contributed by atoms with Crippen molar-refractivity contribution >= 4 is 22.9 Å². The van der Waals surface area contributed by atoms with Gasteiger partial charge in [0.1, 0.15) is 5.60 Å². The van der Waals surface area contributed by atoms with E-state index in [-0.39, 0.29) is 12.6 Å². The monoisotopic (exact) mass is 384 g/mol. The van der Waals surface area contributed by atoms with Crippen LogP contribution in [-0.2, 0) is 11.2 Å². The number of anilines is 2. The second-order valence-corrected chi connectivity index (χ2v) is 7.27. The Morgan fingerprint density at radius 1 is 1.32 bits per heavy atom. The Labute approximate surface area is 162 Å². The molecule has 3 unspecified atom stereocenters. The summed E-state index contributed by atoms with van der Waals surface area (Å²) in [6.07, 6.45) is 1.53. The van der Waals surface area contributed by atoms with Gasteiger partial charge < -0.3 is 26.0 Å². The normalized spacial score (nSPS) is 24.7. The van der Waals surface area contributed by atoms with Gasteiger partial charge in [0.25, 0.3) is 0 Å². The minimum Gasteiger partial charge on any atom is -0.394 e. The average Bonchev–Trinajstić information content (AvgIpc) is 3.22. The van der Waals surface area contributed by atoms with Crippen molar-refractivity contribution in [3.8, 4) is 0 Å². The predicted octanol–water partition coefficient (Wildman–Crippen LogP) is 1.09. The van der Waals surface area contributed by atoms with Crippen LogP contribution in [0.4, 0.5) is 11.8 Å². The van der Waals surface area contributed by atoms with Gasteiger partial charge in [-0.3, -0.25) is 4.57 Å². The molecule has 1 saturated heterocycles. The highest BCUT2D eigenvalue weighted by molar-refractivity contribution is 5.84. The largest absolute Gasteiger partial charge is 0.394 e. The fraction of sp³-hybridized carbons (Fsp3) is 0.421. The van der Waals surface area contributed by atoms with E-state index in [1.807, 2.05) is 18.2 Å². The van der Waals surface area contributed by atoms with Gasteiger partial charge in [-0.1, -0.05) is 30.3 Å². The predicted molar refractivity (Wildman–Crippen MR) is 105 cm³/mol. The van der Waals surface area contributed by atoms with Gasteiger partial charge in [0.15, 0.2) is 23.2 Å². The zero-order chi connectivity index (χ0) is 19.7. The van der Waals surface area contributed by atoms with Gasteiger partial charge in [0.2, 0.25) is 5.95 Å². The van der Waals surface area contributed by atoms with Gasteiger partial charge in [-0.15, -0.1) is 0 Å². The fourth-order valence-corrected chi connectivity index (χ4v) is 3.61. The number of aliphatic hydroxyl groups is 2. The number of imidazole rings is 1. The first kappa shape index (κ1) is 18.6. The molecule has 3 atom stereocenters. The van der Waals surface area contributed by atoms with Crippen LogP contribution in [0.5, 0.6) is 0 Å². The van der Waals surface area contributed by atoms with Gasteiger partial charge in [-0.2, -0.15) is 9.97 Å². The Bertz CT molecular complexity index is 959. The molecule has 148 valence electrons. The maximum atomic E-state index is 10.7. The number of rotatable bonds is 6. The maximum Gasteiger partial charge on any atom is 0.224 e. The Morgan fingerprint density at radius 3 is 2.82 bits per heavy atom. The molecular formula is C19H24N6O3. The van der Waals surface area contributed by atoms with Crippen LogP contribution >= 0.6 is 0 Å². The van der Waals surface area contributed by atoms with Gasteiger partial charge in [-0.25, -0.2) is 4.98 Å². The molecule has 1 aromatic carbocycles. The van der Waals surface area contributed by atoms with Crippen LogP contribution in [0, 0.1) is 0 Å².